The largest absolute Gasteiger partial charge is 0.480 e. The number of aliphatic carboxylic acids is 1. The fourth-order valence-electron chi connectivity index (χ4n) is 1.44. The molecule has 0 radical (unpaired) electrons. The van der Waals surface area contributed by atoms with Gasteiger partial charge in [0, 0.05) is 12.1 Å². The Morgan fingerprint density at radius 3 is 2.44 bits per heavy atom. The van der Waals surface area contributed by atoms with Crippen molar-refractivity contribution >= 4 is 11.9 Å². The van der Waals surface area contributed by atoms with E-state index in [-0.39, 0.29) is 0 Å². The van der Waals surface area contributed by atoms with Gasteiger partial charge in [-0.25, -0.2) is 0 Å². The number of nitrogens with one attached hydrogen (secondary N) is 1. The molecule has 0 heterocycles. The van der Waals surface area contributed by atoms with Crippen LogP contribution in [-0.2, 0) is 11.3 Å². The Hall–Kier alpha value is -1.88. The van der Waals surface area contributed by atoms with Gasteiger partial charge in [0.05, 0.1) is 0 Å². The Labute approximate surface area is 106 Å². The van der Waals surface area contributed by atoms with Crippen molar-refractivity contribution in [3.8, 4) is 0 Å². The molecule has 0 unspecified atom stereocenters. The van der Waals surface area contributed by atoms with Crippen LogP contribution in [0.25, 0.3) is 0 Å². The molecule has 0 fully saturated rings. The van der Waals surface area contributed by atoms with Gasteiger partial charge in [0.1, 0.15) is 5.54 Å². The minimum absolute atomic E-state index is 0.421. The minimum atomic E-state index is -0.991. The van der Waals surface area contributed by atoms with Gasteiger partial charge in [0.15, 0.2) is 0 Å². The van der Waals surface area contributed by atoms with Crippen LogP contribution in [0.3, 0.4) is 0 Å². The topological polar surface area (TPSA) is 92.4 Å². The average Bonchev–Trinajstić information content (AvgIpc) is 2.26. The molecule has 4 N–H and O–H groups in total. The third-order valence-electron chi connectivity index (χ3n) is 2.88. The van der Waals surface area contributed by atoms with Crippen molar-refractivity contribution in [2.75, 3.05) is 0 Å². The molecule has 1 amide bonds. The second kappa shape index (κ2) is 5.18. The molecule has 0 aliphatic carbocycles. The molecule has 18 heavy (non-hydrogen) atoms. The summed E-state index contributed by atoms with van der Waals surface area (Å²) in [6, 6.07) is 5.12. The van der Waals surface area contributed by atoms with Crippen molar-refractivity contribution in [2.45, 2.75) is 32.9 Å². The maximum absolute atomic E-state index is 11.0. The highest BCUT2D eigenvalue weighted by molar-refractivity contribution is 5.93. The summed E-state index contributed by atoms with van der Waals surface area (Å²) >= 11 is 0. The van der Waals surface area contributed by atoms with Gasteiger partial charge in [-0.3, -0.25) is 14.9 Å². The molecule has 0 saturated heterocycles. The number of carboxylic acid groups (broad SMARTS) is 1. The lowest BCUT2D eigenvalue weighted by molar-refractivity contribution is -0.143. The maximum atomic E-state index is 11.0. The van der Waals surface area contributed by atoms with Crippen LogP contribution in [0.15, 0.2) is 18.2 Å². The number of carbonyl (C=O) groups is 2. The molecule has 1 rings (SSSR count). The average molecular weight is 250 g/mol. The first-order valence-corrected chi connectivity index (χ1v) is 5.62. The minimum Gasteiger partial charge on any atom is -0.480 e. The van der Waals surface area contributed by atoms with Crippen LogP contribution in [0.5, 0.6) is 0 Å². The summed E-state index contributed by atoms with van der Waals surface area (Å²) in [5.41, 5.74) is 6.49. The fourth-order valence-corrected chi connectivity index (χ4v) is 1.44. The smallest absolute Gasteiger partial charge is 0.323 e. The molecule has 98 valence electrons. The lowest BCUT2D eigenvalue weighted by Crippen LogP contribution is -2.46. The highest BCUT2D eigenvalue weighted by atomic mass is 16.4. The van der Waals surface area contributed by atoms with Crippen LogP contribution in [-0.4, -0.2) is 22.5 Å². The zero-order valence-electron chi connectivity index (χ0n) is 10.8. The van der Waals surface area contributed by atoms with E-state index >= 15 is 0 Å². The van der Waals surface area contributed by atoms with Crippen LogP contribution in [0, 0.1) is 6.92 Å². The summed E-state index contributed by atoms with van der Waals surface area (Å²) in [5.74, 6) is -1.38. The third kappa shape index (κ3) is 3.30. The number of carbonyl (C=O) groups excluding carboxylic acids is 1. The first-order valence-electron chi connectivity index (χ1n) is 5.62. The van der Waals surface area contributed by atoms with Crippen molar-refractivity contribution in [1.82, 2.24) is 5.32 Å². The molecule has 0 aliphatic rings. The molecular weight excluding hydrogens is 232 g/mol. The Morgan fingerprint density at radius 2 is 2.00 bits per heavy atom. The lowest BCUT2D eigenvalue weighted by Gasteiger charge is -2.21. The summed E-state index contributed by atoms with van der Waals surface area (Å²) in [6.45, 7) is 5.48. The van der Waals surface area contributed by atoms with E-state index in [1.165, 1.54) is 0 Å². The summed E-state index contributed by atoms with van der Waals surface area (Å²) in [7, 11) is 0. The number of benzene rings is 1. The molecule has 0 spiro atoms. The second-order valence-corrected chi connectivity index (χ2v) is 4.79. The standard InChI is InChI=1S/C13H18N2O3/c1-8-6-9(11(14)16)4-5-10(8)7-15-13(2,3)12(17)18/h4-6,15H,7H2,1-3H3,(H2,14,16)(H,17,18). The summed E-state index contributed by atoms with van der Waals surface area (Å²) in [4.78, 5) is 21.9. The summed E-state index contributed by atoms with van der Waals surface area (Å²) < 4.78 is 0. The Bertz CT molecular complexity index is 481. The Kier molecular flexibility index (Phi) is 4.08. The SMILES string of the molecule is Cc1cc(C(N)=O)ccc1CNC(C)(C)C(=O)O. The van der Waals surface area contributed by atoms with Crippen LogP contribution in [0.2, 0.25) is 0 Å². The first-order chi connectivity index (χ1) is 8.24. The van der Waals surface area contributed by atoms with Gasteiger partial charge < -0.3 is 10.8 Å². The van der Waals surface area contributed by atoms with Crippen molar-refractivity contribution in [3.63, 3.8) is 0 Å². The van der Waals surface area contributed by atoms with Gasteiger partial charge >= 0.3 is 5.97 Å². The van der Waals surface area contributed by atoms with E-state index < -0.39 is 17.4 Å². The Balaban J connectivity index is 2.81. The monoisotopic (exact) mass is 250 g/mol. The molecule has 0 aliphatic heterocycles. The molecule has 5 nitrogen and oxygen atoms in total. The molecule has 1 aromatic rings. The predicted octanol–water partition coefficient (Wildman–Crippen LogP) is 1.05. The van der Waals surface area contributed by atoms with Gasteiger partial charge in [-0.2, -0.15) is 0 Å². The highest BCUT2D eigenvalue weighted by Gasteiger charge is 2.26. The predicted molar refractivity (Wildman–Crippen MR) is 68.3 cm³/mol. The molecular formula is C13H18N2O3. The van der Waals surface area contributed by atoms with E-state index in [4.69, 9.17) is 10.8 Å². The Morgan fingerprint density at radius 1 is 1.39 bits per heavy atom. The van der Waals surface area contributed by atoms with Crippen LogP contribution >= 0.6 is 0 Å². The lowest BCUT2D eigenvalue weighted by atomic mass is 10.0. The highest BCUT2D eigenvalue weighted by Crippen LogP contribution is 2.12. The van der Waals surface area contributed by atoms with E-state index in [2.05, 4.69) is 5.32 Å². The van der Waals surface area contributed by atoms with Crippen molar-refractivity contribution in [3.05, 3.63) is 34.9 Å². The van der Waals surface area contributed by atoms with E-state index in [1.54, 1.807) is 32.0 Å². The van der Waals surface area contributed by atoms with Gasteiger partial charge in [0.2, 0.25) is 5.91 Å². The first kappa shape index (κ1) is 14.2. The summed E-state index contributed by atoms with van der Waals surface area (Å²) in [6.07, 6.45) is 0. The van der Waals surface area contributed by atoms with Gasteiger partial charge in [-0.15, -0.1) is 0 Å². The summed E-state index contributed by atoms with van der Waals surface area (Å²) in [5, 5.41) is 11.9. The number of hydrogen-bond donors (Lipinski definition) is 3. The zero-order chi connectivity index (χ0) is 13.9. The maximum Gasteiger partial charge on any atom is 0.323 e. The van der Waals surface area contributed by atoms with E-state index in [9.17, 15) is 9.59 Å². The van der Waals surface area contributed by atoms with E-state index in [1.807, 2.05) is 6.92 Å². The van der Waals surface area contributed by atoms with Crippen molar-refractivity contribution in [1.29, 1.82) is 0 Å². The van der Waals surface area contributed by atoms with Crippen LogP contribution < -0.4 is 11.1 Å². The number of rotatable bonds is 5. The number of carboxylic acids is 1. The number of amides is 1. The quantitative estimate of drug-likeness (QED) is 0.728. The molecule has 0 bridgehead atoms. The molecule has 0 aromatic heterocycles. The van der Waals surface area contributed by atoms with E-state index in [0.29, 0.717) is 12.1 Å². The van der Waals surface area contributed by atoms with Crippen molar-refractivity contribution < 1.29 is 14.7 Å². The molecule has 0 saturated carbocycles. The van der Waals surface area contributed by atoms with Crippen LogP contribution in [0.1, 0.15) is 35.3 Å². The van der Waals surface area contributed by atoms with Crippen LogP contribution in [0.4, 0.5) is 0 Å². The number of aryl methyl sites for hydroxylation is 1. The molecule has 5 heteroatoms. The third-order valence-corrected chi connectivity index (χ3v) is 2.88. The zero-order valence-corrected chi connectivity index (χ0v) is 10.8. The normalized spacial score (nSPS) is 11.3. The van der Waals surface area contributed by atoms with Gasteiger partial charge in [-0.1, -0.05) is 6.07 Å². The number of hydrogen-bond acceptors (Lipinski definition) is 3. The van der Waals surface area contributed by atoms with Crippen molar-refractivity contribution in [2.24, 2.45) is 5.73 Å². The molecule has 0 atom stereocenters. The molecule has 1 aromatic carbocycles. The van der Waals surface area contributed by atoms with Gasteiger partial charge in [-0.05, 0) is 44.0 Å². The van der Waals surface area contributed by atoms with E-state index in [0.717, 1.165) is 11.1 Å². The fraction of sp³-hybridized carbons (Fsp3) is 0.385. The second-order valence-electron chi connectivity index (χ2n) is 4.79. The van der Waals surface area contributed by atoms with Gasteiger partial charge in [0.25, 0.3) is 0 Å². The number of nitrogens with two attached hydrogens (primary N) is 1. The number of primary amides is 1.